The van der Waals surface area contributed by atoms with Crippen LogP contribution in [0, 0.1) is 0 Å². The Kier molecular flexibility index (Phi) is 5.57. The molecule has 0 aliphatic carbocycles. The van der Waals surface area contributed by atoms with Crippen LogP contribution in [-0.4, -0.2) is 27.5 Å². The van der Waals surface area contributed by atoms with Crippen molar-refractivity contribution in [2.24, 2.45) is 5.73 Å². The van der Waals surface area contributed by atoms with E-state index in [0.717, 1.165) is 5.56 Å². The van der Waals surface area contributed by atoms with E-state index in [4.69, 9.17) is 5.73 Å². The highest BCUT2D eigenvalue weighted by Gasteiger charge is 2.15. The molecule has 0 aliphatic rings. The second-order valence-electron chi connectivity index (χ2n) is 3.74. The van der Waals surface area contributed by atoms with E-state index in [1.54, 1.807) is 6.92 Å². The number of hydrogen-bond acceptors (Lipinski definition) is 3. The highest BCUT2D eigenvalue weighted by atomic mass is 32.2. The zero-order valence-corrected chi connectivity index (χ0v) is 10.7. The Morgan fingerprint density at radius 1 is 1.29 bits per heavy atom. The molecule has 4 N–H and O–H groups in total. The van der Waals surface area contributed by atoms with Gasteiger partial charge in [0.05, 0.1) is 0 Å². The van der Waals surface area contributed by atoms with Crippen molar-refractivity contribution in [3.63, 3.8) is 0 Å². The molecule has 1 aromatic carbocycles. The van der Waals surface area contributed by atoms with Crippen LogP contribution in [0.3, 0.4) is 0 Å². The summed E-state index contributed by atoms with van der Waals surface area (Å²) < 4.78 is 27.9. The van der Waals surface area contributed by atoms with E-state index in [-0.39, 0.29) is 12.6 Å². The van der Waals surface area contributed by atoms with Gasteiger partial charge in [0.15, 0.2) is 0 Å². The van der Waals surface area contributed by atoms with Crippen molar-refractivity contribution in [2.75, 3.05) is 13.1 Å². The second-order valence-corrected chi connectivity index (χ2v) is 5.27. The summed E-state index contributed by atoms with van der Waals surface area (Å²) in [4.78, 5) is 0. The molecule has 1 atom stereocenters. The molecule has 96 valence electrons. The lowest BCUT2D eigenvalue weighted by molar-refractivity contribution is 0.537. The molecule has 0 bridgehead atoms. The normalized spacial score (nSPS) is 13.5. The Morgan fingerprint density at radius 3 is 2.47 bits per heavy atom. The Labute approximate surface area is 103 Å². The van der Waals surface area contributed by atoms with Crippen molar-refractivity contribution in [3.05, 3.63) is 35.9 Å². The Morgan fingerprint density at radius 2 is 1.94 bits per heavy atom. The molecule has 6 heteroatoms. The van der Waals surface area contributed by atoms with Gasteiger partial charge in [0.1, 0.15) is 0 Å². The largest absolute Gasteiger partial charge is 0.329 e. The molecule has 0 spiro atoms. The van der Waals surface area contributed by atoms with Crippen LogP contribution in [0.15, 0.2) is 30.3 Å². The minimum Gasteiger partial charge on any atom is -0.329 e. The van der Waals surface area contributed by atoms with E-state index in [1.165, 1.54) is 0 Å². The molecule has 0 amide bonds. The molecule has 1 rings (SSSR count). The maximum atomic E-state index is 11.5. The third-order valence-electron chi connectivity index (χ3n) is 2.27. The molecule has 5 nitrogen and oxygen atoms in total. The van der Waals surface area contributed by atoms with Gasteiger partial charge in [-0.1, -0.05) is 37.3 Å². The average molecular weight is 257 g/mol. The summed E-state index contributed by atoms with van der Waals surface area (Å²) in [5.74, 6) is 0. The minimum atomic E-state index is -3.44. The molecule has 0 aromatic heterocycles. The van der Waals surface area contributed by atoms with Gasteiger partial charge in [-0.2, -0.15) is 13.1 Å². The van der Waals surface area contributed by atoms with Gasteiger partial charge < -0.3 is 5.73 Å². The zero-order chi connectivity index (χ0) is 12.7. The van der Waals surface area contributed by atoms with Crippen molar-refractivity contribution < 1.29 is 8.42 Å². The van der Waals surface area contributed by atoms with Crippen LogP contribution >= 0.6 is 0 Å². The molecule has 0 fully saturated rings. The van der Waals surface area contributed by atoms with E-state index >= 15 is 0 Å². The molecular weight excluding hydrogens is 238 g/mol. The molecular formula is C11H19N3O2S. The maximum Gasteiger partial charge on any atom is 0.277 e. The standard InChI is InChI=1S/C11H19N3O2S/c1-2-13-17(15,16)14-11(9-12)8-10-6-4-3-5-7-10/h3-7,11,13-14H,2,8-9,12H2,1H3. The lowest BCUT2D eigenvalue weighted by atomic mass is 10.1. The highest BCUT2D eigenvalue weighted by Crippen LogP contribution is 2.03. The van der Waals surface area contributed by atoms with Gasteiger partial charge in [-0.25, -0.2) is 4.72 Å². The van der Waals surface area contributed by atoms with Crippen LogP contribution in [-0.2, 0) is 16.6 Å². The van der Waals surface area contributed by atoms with E-state index in [1.807, 2.05) is 30.3 Å². The number of nitrogens with one attached hydrogen (secondary N) is 2. The van der Waals surface area contributed by atoms with E-state index in [9.17, 15) is 8.42 Å². The monoisotopic (exact) mass is 257 g/mol. The number of benzene rings is 1. The summed E-state index contributed by atoms with van der Waals surface area (Å²) in [6, 6.07) is 9.36. The summed E-state index contributed by atoms with van der Waals surface area (Å²) >= 11 is 0. The summed E-state index contributed by atoms with van der Waals surface area (Å²) in [5.41, 5.74) is 6.63. The first-order valence-electron chi connectivity index (χ1n) is 5.58. The lowest BCUT2D eigenvalue weighted by Gasteiger charge is -2.16. The molecule has 0 saturated carbocycles. The minimum absolute atomic E-state index is 0.263. The van der Waals surface area contributed by atoms with E-state index < -0.39 is 10.2 Å². The molecule has 1 unspecified atom stereocenters. The second kappa shape index (κ2) is 6.70. The van der Waals surface area contributed by atoms with Gasteiger partial charge in [0.25, 0.3) is 10.2 Å². The van der Waals surface area contributed by atoms with Gasteiger partial charge in [-0.05, 0) is 12.0 Å². The van der Waals surface area contributed by atoms with Crippen molar-refractivity contribution in [1.29, 1.82) is 0 Å². The Balaban J connectivity index is 2.61. The van der Waals surface area contributed by atoms with Crippen LogP contribution in [0.5, 0.6) is 0 Å². The van der Waals surface area contributed by atoms with Crippen LogP contribution in [0.1, 0.15) is 12.5 Å². The average Bonchev–Trinajstić information content (AvgIpc) is 2.29. The predicted molar refractivity (Wildman–Crippen MR) is 68.7 cm³/mol. The fourth-order valence-corrected chi connectivity index (χ4v) is 2.60. The quantitative estimate of drug-likeness (QED) is 0.643. The molecule has 0 radical (unpaired) electrons. The topological polar surface area (TPSA) is 84.2 Å². The summed E-state index contributed by atoms with van der Waals surface area (Å²) in [7, 11) is -3.44. The van der Waals surface area contributed by atoms with Gasteiger partial charge in [0.2, 0.25) is 0 Å². The number of rotatable bonds is 7. The summed E-state index contributed by atoms with van der Waals surface area (Å²) in [6.07, 6.45) is 0.585. The first-order valence-corrected chi connectivity index (χ1v) is 7.06. The van der Waals surface area contributed by atoms with Crippen molar-refractivity contribution in [3.8, 4) is 0 Å². The first kappa shape index (κ1) is 14.1. The van der Waals surface area contributed by atoms with Crippen molar-refractivity contribution >= 4 is 10.2 Å². The van der Waals surface area contributed by atoms with Crippen molar-refractivity contribution in [2.45, 2.75) is 19.4 Å². The van der Waals surface area contributed by atoms with Gasteiger partial charge in [-0.15, -0.1) is 0 Å². The van der Waals surface area contributed by atoms with Gasteiger partial charge >= 0.3 is 0 Å². The fraction of sp³-hybridized carbons (Fsp3) is 0.455. The number of nitrogens with two attached hydrogens (primary N) is 1. The molecule has 17 heavy (non-hydrogen) atoms. The number of hydrogen-bond donors (Lipinski definition) is 3. The third-order valence-corrected chi connectivity index (χ3v) is 3.58. The molecule has 0 heterocycles. The van der Waals surface area contributed by atoms with Crippen molar-refractivity contribution in [1.82, 2.24) is 9.44 Å². The fourth-order valence-electron chi connectivity index (χ4n) is 1.52. The Hall–Kier alpha value is -0.950. The Bertz CT molecular complexity index is 420. The summed E-state index contributed by atoms with van der Waals surface area (Å²) in [6.45, 7) is 2.35. The lowest BCUT2D eigenvalue weighted by Crippen LogP contribution is -2.46. The highest BCUT2D eigenvalue weighted by molar-refractivity contribution is 7.87. The maximum absolute atomic E-state index is 11.5. The van der Waals surface area contributed by atoms with Gasteiger partial charge in [-0.3, -0.25) is 0 Å². The van der Waals surface area contributed by atoms with Crippen LogP contribution in [0.25, 0.3) is 0 Å². The third kappa shape index (κ3) is 5.27. The zero-order valence-electron chi connectivity index (χ0n) is 9.89. The summed E-state index contributed by atoms with van der Waals surface area (Å²) in [5, 5.41) is 0. The van der Waals surface area contributed by atoms with Gasteiger partial charge in [0, 0.05) is 19.1 Å². The first-order chi connectivity index (χ1) is 8.07. The predicted octanol–water partition coefficient (Wildman–Crippen LogP) is 0.000300. The molecule has 0 aliphatic heterocycles. The van der Waals surface area contributed by atoms with Crippen LogP contribution < -0.4 is 15.2 Å². The van der Waals surface area contributed by atoms with Crippen LogP contribution in [0.4, 0.5) is 0 Å². The van der Waals surface area contributed by atoms with Crippen LogP contribution in [0.2, 0.25) is 0 Å². The SMILES string of the molecule is CCNS(=O)(=O)NC(CN)Cc1ccccc1. The molecule has 1 aromatic rings. The smallest absolute Gasteiger partial charge is 0.277 e. The van der Waals surface area contributed by atoms with E-state index in [2.05, 4.69) is 9.44 Å². The molecule has 0 saturated heterocycles. The van der Waals surface area contributed by atoms with E-state index in [0.29, 0.717) is 13.0 Å².